The largest absolute Gasteiger partial charge is 0.495 e. The number of aromatic nitrogens is 2. The number of amides is 1. The molecule has 0 aliphatic carbocycles. The molecule has 1 N–H and O–H groups in total. The van der Waals surface area contributed by atoms with E-state index in [0.29, 0.717) is 9.59 Å². The highest BCUT2D eigenvalue weighted by molar-refractivity contribution is 8.01. The van der Waals surface area contributed by atoms with E-state index in [1.54, 1.807) is 0 Å². The van der Waals surface area contributed by atoms with Gasteiger partial charge in [-0.2, -0.15) is 0 Å². The van der Waals surface area contributed by atoms with Crippen LogP contribution in [-0.2, 0) is 14.8 Å². The summed E-state index contributed by atoms with van der Waals surface area (Å²) >= 11 is 8.81. The van der Waals surface area contributed by atoms with Gasteiger partial charge in [0.05, 0.1) is 31.2 Å². The van der Waals surface area contributed by atoms with Crippen LogP contribution < -0.4 is 19.1 Å². The molecule has 0 aliphatic rings. The lowest BCUT2D eigenvalue weighted by Gasteiger charge is -2.24. The number of hydrogen-bond acceptors (Lipinski definition) is 9. The average Bonchev–Trinajstić information content (AvgIpc) is 3.04. The second kappa shape index (κ2) is 9.83. The van der Waals surface area contributed by atoms with Crippen LogP contribution >= 0.6 is 34.7 Å². The molecule has 2 rings (SSSR count). The highest BCUT2D eigenvalue weighted by Crippen LogP contribution is 2.39. The predicted octanol–water partition coefficient (Wildman–Crippen LogP) is 3.11. The molecule has 1 amide bonds. The molecule has 13 heteroatoms. The first-order valence-corrected chi connectivity index (χ1v) is 12.2. The lowest BCUT2D eigenvalue weighted by Crippen LogP contribution is -2.37. The van der Waals surface area contributed by atoms with E-state index in [4.69, 9.17) is 21.1 Å². The fourth-order valence-electron chi connectivity index (χ4n) is 2.22. The fraction of sp³-hybridized carbons (Fsp3) is 0.438. The number of nitrogens with one attached hydrogen (secondary N) is 1. The second-order valence-corrected chi connectivity index (χ2v) is 11.1. The number of rotatable bonds is 9. The van der Waals surface area contributed by atoms with Crippen molar-refractivity contribution in [1.29, 1.82) is 0 Å². The van der Waals surface area contributed by atoms with Gasteiger partial charge in [-0.05, 0) is 0 Å². The smallest absolute Gasteiger partial charge is 0.246 e. The minimum absolute atomic E-state index is 0.125. The summed E-state index contributed by atoms with van der Waals surface area (Å²) in [6, 6.07) is 2.82. The molecule has 0 spiro atoms. The molecule has 160 valence electrons. The molecule has 0 saturated carbocycles. The number of carbonyl (C=O) groups excluding carboxylic acids is 1. The van der Waals surface area contributed by atoms with E-state index in [0.717, 1.165) is 10.6 Å². The summed E-state index contributed by atoms with van der Waals surface area (Å²) in [5.74, 6) is -0.153. The van der Waals surface area contributed by atoms with Crippen molar-refractivity contribution in [3.05, 3.63) is 17.2 Å². The second-order valence-electron chi connectivity index (χ2n) is 6.02. The Hall–Kier alpha value is -1.76. The zero-order valence-electron chi connectivity index (χ0n) is 16.4. The van der Waals surface area contributed by atoms with Gasteiger partial charge in [0, 0.05) is 17.4 Å². The average molecular weight is 481 g/mol. The van der Waals surface area contributed by atoms with Crippen LogP contribution in [0.15, 0.2) is 16.5 Å². The van der Waals surface area contributed by atoms with E-state index in [1.807, 2.05) is 13.8 Å². The normalized spacial score (nSPS) is 11.4. The number of nitrogens with zero attached hydrogens (tertiary/aromatic N) is 3. The molecule has 9 nitrogen and oxygen atoms in total. The number of sulfonamides is 1. The topological polar surface area (TPSA) is 111 Å². The van der Waals surface area contributed by atoms with Crippen LogP contribution in [0.1, 0.15) is 13.8 Å². The Bertz CT molecular complexity index is 981. The molecule has 0 atom stereocenters. The number of hydrogen-bond donors (Lipinski definition) is 1. The van der Waals surface area contributed by atoms with E-state index >= 15 is 0 Å². The number of thioether (sulfide) groups is 1. The van der Waals surface area contributed by atoms with E-state index in [1.165, 1.54) is 49.5 Å². The highest BCUT2D eigenvalue weighted by Gasteiger charge is 2.26. The van der Waals surface area contributed by atoms with Crippen LogP contribution in [0.2, 0.25) is 5.02 Å². The summed E-state index contributed by atoms with van der Waals surface area (Å²) in [7, 11) is -1.06. The highest BCUT2D eigenvalue weighted by atomic mass is 35.5. The zero-order chi connectivity index (χ0) is 21.8. The lowest BCUT2D eigenvalue weighted by molar-refractivity contribution is -0.114. The fourth-order valence-corrected chi connectivity index (χ4v) is 5.29. The molecule has 0 radical (unpaired) electrons. The van der Waals surface area contributed by atoms with Crippen molar-refractivity contribution >= 4 is 61.4 Å². The lowest BCUT2D eigenvalue weighted by atomic mass is 10.2. The van der Waals surface area contributed by atoms with Crippen molar-refractivity contribution in [1.82, 2.24) is 10.2 Å². The quantitative estimate of drug-likeness (QED) is 0.430. The summed E-state index contributed by atoms with van der Waals surface area (Å²) in [4.78, 5) is 12.5. The van der Waals surface area contributed by atoms with E-state index in [-0.39, 0.29) is 27.3 Å². The third kappa shape index (κ3) is 6.36. The molecule has 1 aromatic heterocycles. The minimum Gasteiger partial charge on any atom is -0.495 e. The summed E-state index contributed by atoms with van der Waals surface area (Å²) in [5.41, 5.74) is 0.125. The maximum absolute atomic E-state index is 12.5. The molecule has 0 bridgehead atoms. The first kappa shape index (κ1) is 23.5. The van der Waals surface area contributed by atoms with Gasteiger partial charge in [-0.3, -0.25) is 14.4 Å². The van der Waals surface area contributed by atoms with Crippen LogP contribution in [-0.4, -0.2) is 56.8 Å². The summed E-state index contributed by atoms with van der Waals surface area (Å²) in [5, 5.41) is 11.3. The predicted molar refractivity (Wildman–Crippen MR) is 116 cm³/mol. The molecule has 0 saturated heterocycles. The molecule has 1 heterocycles. The maximum atomic E-state index is 12.5. The SMILES string of the molecule is COc1cc(N(CC(=O)Nc2nnc(SC(C)C)s2)S(C)(=O)=O)c(OC)cc1Cl. The summed E-state index contributed by atoms with van der Waals surface area (Å²) in [6.45, 7) is 3.54. The van der Waals surface area contributed by atoms with Gasteiger partial charge in [0.2, 0.25) is 21.1 Å². The van der Waals surface area contributed by atoms with Crippen molar-refractivity contribution in [2.75, 3.05) is 36.6 Å². The van der Waals surface area contributed by atoms with Gasteiger partial charge >= 0.3 is 0 Å². The van der Waals surface area contributed by atoms with Crippen LogP contribution in [0.5, 0.6) is 11.5 Å². The van der Waals surface area contributed by atoms with Gasteiger partial charge in [-0.1, -0.05) is 48.5 Å². The van der Waals surface area contributed by atoms with Crippen molar-refractivity contribution in [2.45, 2.75) is 23.4 Å². The van der Waals surface area contributed by atoms with Crippen LogP contribution in [0.25, 0.3) is 0 Å². The Morgan fingerprint density at radius 3 is 2.48 bits per heavy atom. The van der Waals surface area contributed by atoms with Gasteiger partial charge < -0.3 is 9.47 Å². The van der Waals surface area contributed by atoms with Crippen molar-refractivity contribution in [2.24, 2.45) is 0 Å². The van der Waals surface area contributed by atoms with E-state index < -0.39 is 22.5 Å². The first-order valence-electron chi connectivity index (χ1n) is 8.24. The van der Waals surface area contributed by atoms with Crippen LogP contribution in [0.3, 0.4) is 0 Å². The Labute approximate surface area is 182 Å². The number of anilines is 2. The maximum Gasteiger partial charge on any atom is 0.246 e. The molecule has 1 aromatic carbocycles. The third-order valence-corrected chi connectivity index (χ3v) is 6.75. The first-order chi connectivity index (χ1) is 13.5. The standard InChI is InChI=1S/C16H21ClN4O5S3/c1-9(2)27-16-20-19-15(28-16)18-14(22)8-21(29(5,23)24)11-7-12(25-3)10(17)6-13(11)26-4/h6-7,9H,8H2,1-5H3,(H,18,19,22). The molecule has 2 aromatic rings. The number of methoxy groups -OCH3 is 2. The Balaban J connectivity index is 2.28. The van der Waals surface area contributed by atoms with E-state index in [9.17, 15) is 13.2 Å². The number of benzene rings is 1. The molecule has 0 fully saturated rings. The van der Waals surface area contributed by atoms with Crippen molar-refractivity contribution in [3.8, 4) is 11.5 Å². The Morgan fingerprint density at radius 2 is 1.93 bits per heavy atom. The Kier molecular flexibility index (Phi) is 7.97. The third-order valence-electron chi connectivity index (χ3n) is 3.40. The van der Waals surface area contributed by atoms with Gasteiger partial charge in [-0.15, -0.1) is 10.2 Å². The monoisotopic (exact) mass is 480 g/mol. The summed E-state index contributed by atoms with van der Waals surface area (Å²) in [6.07, 6.45) is 0.989. The van der Waals surface area contributed by atoms with Gasteiger partial charge in [0.1, 0.15) is 18.0 Å². The Morgan fingerprint density at radius 1 is 1.28 bits per heavy atom. The van der Waals surface area contributed by atoms with Crippen molar-refractivity contribution in [3.63, 3.8) is 0 Å². The molecular formula is C16H21ClN4O5S3. The number of carbonyl (C=O) groups is 1. The minimum atomic E-state index is -3.83. The van der Waals surface area contributed by atoms with Gasteiger partial charge in [-0.25, -0.2) is 8.42 Å². The molecular weight excluding hydrogens is 460 g/mol. The molecule has 0 aliphatic heterocycles. The van der Waals surface area contributed by atoms with Crippen LogP contribution in [0.4, 0.5) is 10.8 Å². The van der Waals surface area contributed by atoms with Gasteiger partial charge in [0.25, 0.3) is 0 Å². The van der Waals surface area contributed by atoms with Crippen LogP contribution in [0, 0.1) is 0 Å². The van der Waals surface area contributed by atoms with Crippen molar-refractivity contribution < 1.29 is 22.7 Å². The molecule has 29 heavy (non-hydrogen) atoms. The number of ether oxygens (including phenoxy) is 2. The van der Waals surface area contributed by atoms with Gasteiger partial charge in [0.15, 0.2) is 4.34 Å². The number of halogens is 1. The molecule has 0 unspecified atom stereocenters. The zero-order valence-corrected chi connectivity index (χ0v) is 19.6. The van der Waals surface area contributed by atoms with E-state index in [2.05, 4.69) is 15.5 Å². The summed E-state index contributed by atoms with van der Waals surface area (Å²) < 4.78 is 36.8.